The van der Waals surface area contributed by atoms with Crippen molar-refractivity contribution < 1.29 is 14.6 Å². The van der Waals surface area contributed by atoms with E-state index in [1.165, 1.54) is 0 Å². The normalized spacial score (nSPS) is 18.7. The van der Waals surface area contributed by atoms with Crippen molar-refractivity contribution in [1.82, 2.24) is 9.61 Å². The molecule has 1 amide bonds. The molecule has 132 valence electrons. The molecule has 2 aromatic rings. The lowest BCUT2D eigenvalue weighted by molar-refractivity contribution is 0.0635. The Morgan fingerprint density at radius 2 is 2.16 bits per heavy atom. The Balaban J connectivity index is 2.11. The van der Waals surface area contributed by atoms with Gasteiger partial charge in [0.1, 0.15) is 17.2 Å². The zero-order valence-corrected chi connectivity index (χ0v) is 15.0. The van der Waals surface area contributed by atoms with E-state index in [0.29, 0.717) is 11.9 Å². The third-order valence-corrected chi connectivity index (χ3v) is 4.26. The first kappa shape index (κ1) is 17.2. The number of carbonyl (C=O) groups is 1. The largest absolute Gasteiger partial charge is 0.444 e. The van der Waals surface area contributed by atoms with Crippen LogP contribution >= 0.6 is 0 Å². The first-order valence-electron chi connectivity index (χ1n) is 8.18. The molecule has 0 spiro atoms. The highest BCUT2D eigenvalue weighted by Crippen LogP contribution is 2.45. The molecule has 0 saturated carbocycles. The summed E-state index contributed by atoms with van der Waals surface area (Å²) in [5, 5.41) is 26.8. The van der Waals surface area contributed by atoms with Gasteiger partial charge in [-0.2, -0.15) is 5.26 Å². The van der Waals surface area contributed by atoms with Crippen molar-refractivity contribution in [3.8, 4) is 6.07 Å². The summed E-state index contributed by atoms with van der Waals surface area (Å²) < 4.78 is 6.89. The molecule has 0 aliphatic heterocycles. The summed E-state index contributed by atoms with van der Waals surface area (Å²) in [5.41, 5.74) is 1.57. The van der Waals surface area contributed by atoms with Gasteiger partial charge in [-0.3, -0.25) is 5.32 Å². The van der Waals surface area contributed by atoms with Crippen LogP contribution in [0.25, 0.3) is 5.52 Å². The van der Waals surface area contributed by atoms with Gasteiger partial charge in [-0.15, -0.1) is 5.10 Å². The average molecular weight is 342 g/mol. The van der Waals surface area contributed by atoms with Crippen LogP contribution in [0.4, 0.5) is 10.6 Å². The number of hydrogen-bond acceptors (Lipinski definition) is 5. The molecule has 7 nitrogen and oxygen atoms in total. The van der Waals surface area contributed by atoms with Crippen molar-refractivity contribution in [2.24, 2.45) is 0 Å². The number of aliphatic hydroxyl groups excluding tert-OH is 1. The highest BCUT2D eigenvalue weighted by molar-refractivity contribution is 5.88. The Kier molecular flexibility index (Phi) is 3.77. The number of hydrogen-bond donors (Lipinski definition) is 2. The molecule has 25 heavy (non-hydrogen) atoms. The molecule has 0 saturated heterocycles. The van der Waals surface area contributed by atoms with Crippen LogP contribution in [0.3, 0.4) is 0 Å². The average Bonchev–Trinajstić information content (AvgIpc) is 2.90. The van der Waals surface area contributed by atoms with Gasteiger partial charge in [0.05, 0.1) is 17.3 Å². The number of aromatic nitrogens is 2. The molecule has 0 bridgehead atoms. The number of nitrogens with zero attached hydrogens (tertiary/aromatic N) is 3. The summed E-state index contributed by atoms with van der Waals surface area (Å²) in [6, 6.07) is 5.67. The van der Waals surface area contributed by atoms with Crippen LogP contribution in [0.2, 0.25) is 0 Å². The second kappa shape index (κ2) is 5.46. The Hall–Kier alpha value is -2.59. The fourth-order valence-corrected chi connectivity index (χ4v) is 3.36. The summed E-state index contributed by atoms with van der Waals surface area (Å²) in [7, 11) is 0. The van der Waals surface area contributed by atoms with Gasteiger partial charge in [0, 0.05) is 11.0 Å². The van der Waals surface area contributed by atoms with Crippen molar-refractivity contribution >= 4 is 17.4 Å². The van der Waals surface area contributed by atoms with E-state index in [1.54, 1.807) is 31.4 Å². The molecular weight excluding hydrogens is 320 g/mol. The molecule has 1 atom stereocenters. The molecule has 0 radical (unpaired) electrons. The minimum absolute atomic E-state index is 0.155. The third-order valence-electron chi connectivity index (χ3n) is 4.26. The second-order valence-electron chi connectivity index (χ2n) is 8.00. The van der Waals surface area contributed by atoms with E-state index in [4.69, 9.17) is 4.74 Å². The predicted octanol–water partition coefficient (Wildman–Crippen LogP) is 3.27. The molecule has 1 aliphatic carbocycles. The Morgan fingerprint density at radius 3 is 2.76 bits per heavy atom. The number of nitrogens with one attached hydrogen (secondary N) is 1. The fraction of sp³-hybridized carbons (Fsp3) is 0.500. The Bertz CT molecular complexity index is 900. The van der Waals surface area contributed by atoms with Crippen LogP contribution < -0.4 is 5.32 Å². The van der Waals surface area contributed by atoms with E-state index in [2.05, 4.69) is 16.5 Å². The smallest absolute Gasteiger partial charge is 0.413 e. The summed E-state index contributed by atoms with van der Waals surface area (Å²) in [6.45, 7) is 9.33. The lowest BCUT2D eigenvalue weighted by Crippen LogP contribution is -2.27. The molecule has 7 heteroatoms. The first-order chi connectivity index (χ1) is 11.5. The number of carbonyl (C=O) groups excluding carboxylic acids is 1. The van der Waals surface area contributed by atoms with E-state index in [9.17, 15) is 15.2 Å². The molecule has 0 aromatic carbocycles. The van der Waals surface area contributed by atoms with Crippen LogP contribution in [0.1, 0.15) is 64.0 Å². The highest BCUT2D eigenvalue weighted by Gasteiger charge is 2.39. The van der Waals surface area contributed by atoms with Gasteiger partial charge < -0.3 is 9.84 Å². The number of aliphatic hydroxyl groups is 1. The number of nitriles is 1. The number of fused-ring (bicyclic) bond motifs is 3. The summed E-state index contributed by atoms with van der Waals surface area (Å²) in [5.74, 6) is 0.155. The second-order valence-corrected chi connectivity index (χ2v) is 8.00. The zero-order valence-electron chi connectivity index (χ0n) is 15.0. The Labute approximate surface area is 146 Å². The van der Waals surface area contributed by atoms with Crippen LogP contribution in [0, 0.1) is 11.3 Å². The predicted molar refractivity (Wildman–Crippen MR) is 92.4 cm³/mol. The van der Waals surface area contributed by atoms with Crippen LogP contribution in [0.5, 0.6) is 0 Å². The monoisotopic (exact) mass is 342 g/mol. The van der Waals surface area contributed by atoms with Crippen LogP contribution in [-0.2, 0) is 10.2 Å². The van der Waals surface area contributed by atoms with Gasteiger partial charge in [-0.05, 0) is 33.3 Å². The maximum atomic E-state index is 12.1. The van der Waals surface area contributed by atoms with Gasteiger partial charge in [0.15, 0.2) is 5.82 Å². The van der Waals surface area contributed by atoms with Gasteiger partial charge in [0.25, 0.3) is 0 Å². The Morgan fingerprint density at radius 1 is 1.48 bits per heavy atom. The number of pyridine rings is 1. The summed E-state index contributed by atoms with van der Waals surface area (Å²) in [4.78, 5) is 12.1. The van der Waals surface area contributed by atoms with E-state index in [-0.39, 0.29) is 16.8 Å². The molecular formula is C18H22N4O3. The molecule has 2 heterocycles. The molecule has 3 rings (SSSR count). The minimum Gasteiger partial charge on any atom is -0.444 e. The van der Waals surface area contributed by atoms with Crippen molar-refractivity contribution in [1.29, 1.82) is 5.26 Å². The van der Waals surface area contributed by atoms with Crippen molar-refractivity contribution in [2.45, 2.75) is 58.2 Å². The fourth-order valence-electron chi connectivity index (χ4n) is 3.36. The van der Waals surface area contributed by atoms with Gasteiger partial charge in [0.2, 0.25) is 0 Å². The molecule has 1 aliphatic rings. The molecule has 2 aromatic heterocycles. The van der Waals surface area contributed by atoms with Gasteiger partial charge in [-0.25, -0.2) is 9.31 Å². The van der Waals surface area contributed by atoms with E-state index in [0.717, 1.165) is 11.3 Å². The van der Waals surface area contributed by atoms with Crippen LogP contribution in [0.15, 0.2) is 12.1 Å². The quantitative estimate of drug-likeness (QED) is 0.828. The summed E-state index contributed by atoms with van der Waals surface area (Å²) >= 11 is 0. The van der Waals surface area contributed by atoms with Gasteiger partial charge in [-0.1, -0.05) is 19.9 Å². The van der Waals surface area contributed by atoms with E-state index < -0.39 is 17.8 Å². The van der Waals surface area contributed by atoms with E-state index in [1.807, 2.05) is 19.9 Å². The minimum atomic E-state index is -0.664. The third kappa shape index (κ3) is 2.94. The lowest BCUT2D eigenvalue weighted by Gasteiger charge is -2.19. The van der Waals surface area contributed by atoms with E-state index >= 15 is 0 Å². The summed E-state index contributed by atoms with van der Waals surface area (Å²) in [6.07, 6.45) is -0.646. The maximum Gasteiger partial charge on any atom is 0.413 e. The van der Waals surface area contributed by atoms with Crippen LogP contribution in [-0.4, -0.2) is 26.4 Å². The number of anilines is 1. The molecule has 0 fully saturated rings. The SMILES string of the molecule is CC(C)(C)OC(=O)Nc1nn2c3c(ccc2c1C#N)C(O)CC3(C)C. The zero-order chi connectivity index (χ0) is 18.6. The maximum absolute atomic E-state index is 12.1. The first-order valence-corrected chi connectivity index (χ1v) is 8.18. The lowest BCUT2D eigenvalue weighted by atomic mass is 9.90. The number of amides is 1. The van der Waals surface area contributed by atoms with Crippen molar-refractivity contribution in [2.75, 3.05) is 5.32 Å². The molecule has 2 N–H and O–H groups in total. The molecule has 1 unspecified atom stereocenters. The van der Waals surface area contributed by atoms with Crippen molar-refractivity contribution in [3.63, 3.8) is 0 Å². The number of ether oxygens (including phenoxy) is 1. The highest BCUT2D eigenvalue weighted by atomic mass is 16.6. The van der Waals surface area contributed by atoms with Crippen molar-refractivity contribution in [3.05, 3.63) is 29.0 Å². The standard InChI is InChI=1S/C18H22N4O3/c1-17(2,3)25-16(24)20-15-11(9-19)12-7-6-10-13(23)8-18(4,5)14(10)22(12)21-15/h6-7,13,23H,8H2,1-5H3,(H,20,21,24). The number of rotatable bonds is 1. The topological polar surface area (TPSA) is 99.6 Å². The van der Waals surface area contributed by atoms with Gasteiger partial charge >= 0.3 is 6.09 Å².